The SMILES string of the molecule is Cc1nn(-c2ccccc2)c2sc(C(=O)NC3CCS(=O)(=O)C3)cc12. The highest BCUT2D eigenvalue weighted by Crippen LogP contribution is 2.30. The van der Waals surface area contributed by atoms with Crippen molar-refractivity contribution in [1.82, 2.24) is 15.1 Å². The Hall–Kier alpha value is -2.19. The standard InChI is InChI=1S/C17H17N3O3S2/c1-11-14-9-15(16(21)18-12-7-8-25(22,23)10-12)24-17(14)20(19-11)13-5-3-2-4-6-13/h2-6,9,12H,7-8,10H2,1H3,(H,18,21). The number of para-hydroxylation sites is 1. The Bertz CT molecular complexity index is 1050. The summed E-state index contributed by atoms with van der Waals surface area (Å²) in [6.45, 7) is 1.92. The molecular weight excluding hydrogens is 358 g/mol. The van der Waals surface area contributed by atoms with Crippen LogP contribution in [-0.2, 0) is 9.84 Å². The molecule has 1 amide bonds. The van der Waals surface area contributed by atoms with Gasteiger partial charge in [0, 0.05) is 11.4 Å². The van der Waals surface area contributed by atoms with E-state index in [0.717, 1.165) is 21.6 Å². The Morgan fingerprint density at radius 1 is 1.32 bits per heavy atom. The summed E-state index contributed by atoms with van der Waals surface area (Å²) >= 11 is 1.37. The van der Waals surface area contributed by atoms with Gasteiger partial charge < -0.3 is 5.32 Å². The maximum absolute atomic E-state index is 12.5. The molecule has 0 bridgehead atoms. The summed E-state index contributed by atoms with van der Waals surface area (Å²) in [5.74, 6) is -0.0466. The molecule has 1 unspecified atom stereocenters. The molecule has 1 fully saturated rings. The van der Waals surface area contributed by atoms with Crippen LogP contribution in [0.1, 0.15) is 21.8 Å². The smallest absolute Gasteiger partial charge is 0.261 e. The summed E-state index contributed by atoms with van der Waals surface area (Å²) < 4.78 is 24.9. The molecule has 0 radical (unpaired) electrons. The molecule has 8 heteroatoms. The van der Waals surface area contributed by atoms with E-state index in [4.69, 9.17) is 0 Å². The Morgan fingerprint density at radius 3 is 2.76 bits per heavy atom. The summed E-state index contributed by atoms with van der Waals surface area (Å²) in [5, 5.41) is 8.34. The molecule has 0 spiro atoms. The second kappa shape index (κ2) is 5.96. The van der Waals surface area contributed by atoms with Crippen LogP contribution < -0.4 is 5.32 Å². The van der Waals surface area contributed by atoms with Crippen LogP contribution in [0.4, 0.5) is 0 Å². The van der Waals surface area contributed by atoms with Gasteiger partial charge in [-0.3, -0.25) is 4.79 Å². The second-order valence-electron chi connectivity index (χ2n) is 6.24. The maximum Gasteiger partial charge on any atom is 0.261 e. The molecule has 1 aliphatic rings. The Balaban J connectivity index is 1.64. The first-order valence-corrected chi connectivity index (χ1v) is 10.6. The van der Waals surface area contributed by atoms with Gasteiger partial charge in [-0.1, -0.05) is 18.2 Å². The quantitative estimate of drug-likeness (QED) is 0.762. The highest BCUT2D eigenvalue weighted by Gasteiger charge is 2.29. The zero-order chi connectivity index (χ0) is 17.6. The van der Waals surface area contributed by atoms with Crippen molar-refractivity contribution in [3.63, 3.8) is 0 Å². The molecule has 2 aromatic heterocycles. The van der Waals surface area contributed by atoms with Crippen molar-refractivity contribution >= 4 is 37.3 Å². The van der Waals surface area contributed by atoms with Crippen LogP contribution in [0.25, 0.3) is 15.9 Å². The number of amides is 1. The first kappa shape index (κ1) is 16.3. The third-order valence-corrected chi connectivity index (χ3v) is 7.21. The highest BCUT2D eigenvalue weighted by molar-refractivity contribution is 7.91. The number of hydrogen-bond acceptors (Lipinski definition) is 5. The number of nitrogens with zero attached hydrogens (tertiary/aromatic N) is 2. The van der Waals surface area contributed by atoms with Crippen LogP contribution in [0.5, 0.6) is 0 Å². The Morgan fingerprint density at radius 2 is 2.08 bits per heavy atom. The molecule has 130 valence electrons. The number of aryl methyl sites for hydroxylation is 1. The number of carbonyl (C=O) groups is 1. The van der Waals surface area contributed by atoms with Crippen molar-refractivity contribution in [3.05, 3.63) is 47.0 Å². The number of rotatable bonds is 3. The van der Waals surface area contributed by atoms with Crippen LogP contribution in [0.2, 0.25) is 0 Å². The van der Waals surface area contributed by atoms with E-state index in [2.05, 4.69) is 10.4 Å². The van der Waals surface area contributed by atoms with E-state index in [-0.39, 0.29) is 23.5 Å². The lowest BCUT2D eigenvalue weighted by Gasteiger charge is -2.09. The minimum atomic E-state index is -3.01. The lowest BCUT2D eigenvalue weighted by atomic mass is 10.2. The number of sulfone groups is 1. The van der Waals surface area contributed by atoms with Crippen molar-refractivity contribution in [3.8, 4) is 5.69 Å². The fourth-order valence-corrected chi connectivity index (χ4v) is 5.83. The Kier molecular flexibility index (Phi) is 3.88. The number of benzene rings is 1. The number of nitrogens with one attached hydrogen (secondary N) is 1. The van der Waals surface area contributed by atoms with Gasteiger partial charge in [0.05, 0.1) is 27.8 Å². The van der Waals surface area contributed by atoms with E-state index in [1.165, 1.54) is 11.3 Å². The average molecular weight is 375 g/mol. The minimum Gasteiger partial charge on any atom is -0.348 e. The fraction of sp³-hybridized carbons (Fsp3) is 0.294. The molecule has 3 heterocycles. The largest absolute Gasteiger partial charge is 0.348 e. The summed E-state index contributed by atoms with van der Waals surface area (Å²) in [4.78, 5) is 14.0. The van der Waals surface area contributed by atoms with Crippen LogP contribution >= 0.6 is 11.3 Å². The van der Waals surface area contributed by atoms with E-state index in [1.807, 2.05) is 48.0 Å². The van der Waals surface area contributed by atoms with Crippen molar-refractivity contribution in [2.75, 3.05) is 11.5 Å². The minimum absolute atomic E-state index is 0.0282. The third-order valence-electron chi connectivity index (χ3n) is 4.34. The first-order chi connectivity index (χ1) is 11.9. The number of fused-ring (bicyclic) bond motifs is 1. The van der Waals surface area contributed by atoms with Gasteiger partial charge >= 0.3 is 0 Å². The molecule has 25 heavy (non-hydrogen) atoms. The number of aromatic nitrogens is 2. The number of thiophene rings is 1. The van der Waals surface area contributed by atoms with E-state index >= 15 is 0 Å². The summed E-state index contributed by atoms with van der Waals surface area (Å²) in [6.07, 6.45) is 0.482. The van der Waals surface area contributed by atoms with Gasteiger partial charge in [0.25, 0.3) is 5.91 Å². The van der Waals surface area contributed by atoms with Crippen molar-refractivity contribution in [2.24, 2.45) is 0 Å². The summed E-state index contributed by atoms with van der Waals surface area (Å²) in [6, 6.07) is 11.3. The lowest BCUT2D eigenvalue weighted by molar-refractivity contribution is 0.0945. The van der Waals surface area contributed by atoms with Gasteiger partial charge in [0.2, 0.25) is 0 Å². The van der Waals surface area contributed by atoms with E-state index in [1.54, 1.807) is 0 Å². The molecule has 3 aromatic rings. The molecule has 4 rings (SSSR count). The van der Waals surface area contributed by atoms with E-state index in [9.17, 15) is 13.2 Å². The van der Waals surface area contributed by atoms with Crippen molar-refractivity contribution in [1.29, 1.82) is 0 Å². The third kappa shape index (κ3) is 3.07. The zero-order valence-corrected chi connectivity index (χ0v) is 15.2. The molecule has 0 aliphatic carbocycles. The van der Waals surface area contributed by atoms with Gasteiger partial charge in [-0.05, 0) is 31.5 Å². The van der Waals surface area contributed by atoms with Crippen molar-refractivity contribution < 1.29 is 13.2 Å². The van der Waals surface area contributed by atoms with E-state index in [0.29, 0.717) is 11.3 Å². The predicted octanol–water partition coefficient (Wildman–Crippen LogP) is 2.31. The normalized spacial score (nSPS) is 19.3. The van der Waals surface area contributed by atoms with Crippen LogP contribution in [-0.4, -0.2) is 41.7 Å². The Labute approximate surface area is 149 Å². The molecule has 1 aliphatic heterocycles. The average Bonchev–Trinajstić information content (AvgIpc) is 3.24. The van der Waals surface area contributed by atoms with Crippen LogP contribution in [0.15, 0.2) is 36.4 Å². The highest BCUT2D eigenvalue weighted by atomic mass is 32.2. The monoisotopic (exact) mass is 375 g/mol. The molecule has 6 nitrogen and oxygen atoms in total. The lowest BCUT2D eigenvalue weighted by Crippen LogP contribution is -2.35. The molecular formula is C17H17N3O3S2. The first-order valence-electron chi connectivity index (χ1n) is 7.99. The second-order valence-corrected chi connectivity index (χ2v) is 9.50. The van der Waals surface area contributed by atoms with Gasteiger partial charge in [-0.15, -0.1) is 11.3 Å². The van der Waals surface area contributed by atoms with Crippen LogP contribution in [0, 0.1) is 6.92 Å². The molecule has 0 saturated carbocycles. The summed E-state index contributed by atoms with van der Waals surface area (Å²) in [5.41, 5.74) is 1.80. The molecule has 1 aromatic carbocycles. The molecule has 1 N–H and O–H groups in total. The van der Waals surface area contributed by atoms with Crippen molar-refractivity contribution in [2.45, 2.75) is 19.4 Å². The summed E-state index contributed by atoms with van der Waals surface area (Å²) in [7, 11) is -3.01. The van der Waals surface area contributed by atoms with Gasteiger partial charge in [-0.2, -0.15) is 5.10 Å². The topological polar surface area (TPSA) is 81.1 Å². The van der Waals surface area contributed by atoms with Crippen LogP contribution in [0.3, 0.4) is 0 Å². The molecule has 1 atom stereocenters. The number of hydrogen-bond donors (Lipinski definition) is 1. The number of carbonyl (C=O) groups excluding carboxylic acids is 1. The van der Waals surface area contributed by atoms with Gasteiger partial charge in [-0.25, -0.2) is 13.1 Å². The van der Waals surface area contributed by atoms with Gasteiger partial charge in [0.1, 0.15) is 4.83 Å². The van der Waals surface area contributed by atoms with E-state index < -0.39 is 9.84 Å². The molecule has 1 saturated heterocycles. The zero-order valence-electron chi connectivity index (χ0n) is 13.6. The fourth-order valence-electron chi connectivity index (χ4n) is 3.07. The predicted molar refractivity (Wildman–Crippen MR) is 98.2 cm³/mol. The van der Waals surface area contributed by atoms with Gasteiger partial charge in [0.15, 0.2) is 9.84 Å². The maximum atomic E-state index is 12.5.